The van der Waals surface area contributed by atoms with Crippen LogP contribution in [-0.4, -0.2) is 49.1 Å². The SMILES string of the molecule is C=CCc1ccc(OCCOc2ccc(C=C3SC(=S)N(CC=C)C3=O)cc2OC)c(OC)c1. The molecule has 8 heteroatoms. The van der Waals surface area contributed by atoms with Crippen LogP contribution in [0.2, 0.25) is 0 Å². The summed E-state index contributed by atoms with van der Waals surface area (Å²) in [6.45, 7) is 8.46. The van der Waals surface area contributed by atoms with Gasteiger partial charge in [-0.2, -0.15) is 0 Å². The third kappa shape index (κ3) is 6.21. The Kier molecular flexibility index (Phi) is 9.18. The van der Waals surface area contributed by atoms with Crippen LogP contribution >= 0.6 is 24.0 Å². The maximum absolute atomic E-state index is 12.5. The summed E-state index contributed by atoms with van der Waals surface area (Å²) in [7, 11) is 3.18. The number of methoxy groups -OCH3 is 2. The van der Waals surface area contributed by atoms with Crippen LogP contribution < -0.4 is 18.9 Å². The molecule has 0 atom stereocenters. The number of amides is 1. The molecule has 0 bridgehead atoms. The van der Waals surface area contributed by atoms with Gasteiger partial charge in [0.05, 0.1) is 19.1 Å². The molecule has 0 unspecified atom stereocenters. The normalized spacial score (nSPS) is 14.3. The average Bonchev–Trinajstić information content (AvgIpc) is 3.10. The molecule has 0 radical (unpaired) electrons. The average molecular weight is 498 g/mol. The number of ether oxygens (including phenoxy) is 4. The molecule has 1 aliphatic heterocycles. The highest BCUT2D eigenvalue weighted by atomic mass is 32.2. The van der Waals surface area contributed by atoms with Crippen molar-refractivity contribution in [2.75, 3.05) is 34.0 Å². The fourth-order valence-electron chi connectivity index (χ4n) is 3.26. The van der Waals surface area contributed by atoms with Gasteiger partial charge in [-0.1, -0.05) is 48.3 Å². The molecule has 0 N–H and O–H groups in total. The van der Waals surface area contributed by atoms with Crippen LogP contribution in [0.15, 0.2) is 66.6 Å². The summed E-state index contributed by atoms with van der Waals surface area (Å²) in [5, 5.41) is 0. The minimum absolute atomic E-state index is 0.126. The lowest BCUT2D eigenvalue weighted by molar-refractivity contribution is -0.121. The third-order valence-corrected chi connectivity index (χ3v) is 6.26. The van der Waals surface area contributed by atoms with Crippen molar-refractivity contribution < 1.29 is 23.7 Å². The number of nitrogens with zero attached hydrogens (tertiary/aromatic N) is 1. The zero-order valence-corrected chi connectivity index (χ0v) is 20.9. The summed E-state index contributed by atoms with van der Waals surface area (Å²) >= 11 is 6.56. The second kappa shape index (κ2) is 12.3. The molecule has 1 saturated heterocycles. The van der Waals surface area contributed by atoms with Gasteiger partial charge in [-0.25, -0.2) is 0 Å². The number of hydrogen-bond donors (Lipinski definition) is 0. The van der Waals surface area contributed by atoms with Crippen molar-refractivity contribution in [3.63, 3.8) is 0 Å². The molecule has 2 aromatic carbocycles. The first-order valence-electron chi connectivity index (χ1n) is 10.6. The highest BCUT2D eigenvalue weighted by molar-refractivity contribution is 8.26. The van der Waals surface area contributed by atoms with E-state index in [1.54, 1.807) is 32.4 Å². The van der Waals surface area contributed by atoms with Crippen LogP contribution in [0.3, 0.4) is 0 Å². The summed E-state index contributed by atoms with van der Waals surface area (Å²) < 4.78 is 23.1. The third-order valence-electron chi connectivity index (χ3n) is 4.88. The van der Waals surface area contributed by atoms with Gasteiger partial charge >= 0.3 is 0 Å². The molecule has 6 nitrogen and oxygen atoms in total. The van der Waals surface area contributed by atoms with E-state index in [1.807, 2.05) is 36.4 Å². The maximum Gasteiger partial charge on any atom is 0.266 e. The Hall–Kier alpha value is -3.23. The largest absolute Gasteiger partial charge is 0.493 e. The van der Waals surface area contributed by atoms with Crippen LogP contribution in [0, 0.1) is 0 Å². The summed E-state index contributed by atoms with van der Waals surface area (Å²) in [6, 6.07) is 11.3. The van der Waals surface area contributed by atoms with Gasteiger partial charge in [0.1, 0.15) is 17.5 Å². The van der Waals surface area contributed by atoms with Gasteiger partial charge < -0.3 is 18.9 Å². The number of hydrogen-bond acceptors (Lipinski definition) is 7. The monoisotopic (exact) mass is 497 g/mol. The molecule has 1 fully saturated rings. The van der Waals surface area contributed by atoms with Crippen LogP contribution in [0.1, 0.15) is 11.1 Å². The van der Waals surface area contributed by atoms with Crippen LogP contribution in [-0.2, 0) is 11.2 Å². The molecule has 3 rings (SSSR count). The lowest BCUT2D eigenvalue weighted by Gasteiger charge is -2.14. The number of thioether (sulfide) groups is 1. The summed E-state index contributed by atoms with van der Waals surface area (Å²) in [4.78, 5) is 14.6. The molecule has 34 heavy (non-hydrogen) atoms. The van der Waals surface area contributed by atoms with Gasteiger partial charge in [0.15, 0.2) is 23.0 Å². The van der Waals surface area contributed by atoms with Crippen molar-refractivity contribution in [2.24, 2.45) is 0 Å². The molecule has 0 aromatic heterocycles. The van der Waals surface area contributed by atoms with Gasteiger partial charge in [0.2, 0.25) is 0 Å². The van der Waals surface area contributed by atoms with E-state index in [1.165, 1.54) is 16.7 Å². The summed E-state index contributed by atoms with van der Waals surface area (Å²) in [5.41, 5.74) is 1.91. The Balaban J connectivity index is 1.61. The van der Waals surface area contributed by atoms with Crippen molar-refractivity contribution in [1.29, 1.82) is 0 Å². The van der Waals surface area contributed by atoms with Crippen LogP contribution in [0.25, 0.3) is 6.08 Å². The molecular formula is C26H27NO5S2. The molecule has 0 saturated carbocycles. The molecular weight excluding hydrogens is 470 g/mol. The van der Waals surface area contributed by atoms with E-state index in [-0.39, 0.29) is 5.91 Å². The number of rotatable bonds is 12. The fourth-order valence-corrected chi connectivity index (χ4v) is 4.53. The van der Waals surface area contributed by atoms with Crippen molar-refractivity contribution in [3.05, 3.63) is 77.7 Å². The second-order valence-electron chi connectivity index (χ2n) is 7.17. The van der Waals surface area contributed by atoms with Gasteiger partial charge in [0, 0.05) is 6.54 Å². The van der Waals surface area contributed by atoms with Gasteiger partial charge in [-0.15, -0.1) is 13.2 Å². The summed E-state index contributed by atoms with van der Waals surface area (Å²) in [5.74, 6) is 2.33. The second-order valence-corrected chi connectivity index (χ2v) is 8.84. The molecule has 1 heterocycles. The first-order chi connectivity index (χ1) is 16.5. The quantitative estimate of drug-likeness (QED) is 0.171. The molecule has 0 spiro atoms. The van der Waals surface area contributed by atoms with Crippen LogP contribution in [0.4, 0.5) is 0 Å². The van der Waals surface area contributed by atoms with Gasteiger partial charge in [-0.05, 0) is 47.9 Å². The zero-order chi connectivity index (χ0) is 24.5. The van der Waals surface area contributed by atoms with E-state index in [2.05, 4.69) is 13.2 Å². The number of carbonyl (C=O) groups is 1. The zero-order valence-electron chi connectivity index (χ0n) is 19.2. The van der Waals surface area contributed by atoms with E-state index < -0.39 is 0 Å². The van der Waals surface area contributed by atoms with Crippen LogP contribution in [0.5, 0.6) is 23.0 Å². The van der Waals surface area contributed by atoms with E-state index in [9.17, 15) is 4.79 Å². The highest BCUT2D eigenvalue weighted by Crippen LogP contribution is 2.35. The number of thiocarbonyl (C=S) groups is 1. The molecule has 178 valence electrons. The molecule has 0 aliphatic carbocycles. The van der Waals surface area contributed by atoms with Crippen molar-refractivity contribution >= 4 is 40.3 Å². The summed E-state index contributed by atoms with van der Waals surface area (Å²) in [6.07, 6.45) is 6.05. The van der Waals surface area contributed by atoms with E-state index in [0.717, 1.165) is 17.5 Å². The fraction of sp³-hybridized carbons (Fsp3) is 0.231. The number of allylic oxidation sites excluding steroid dienone is 1. The first kappa shape index (κ1) is 25.4. The Bertz CT molecular complexity index is 1110. The van der Waals surface area contributed by atoms with E-state index >= 15 is 0 Å². The first-order valence-corrected chi connectivity index (χ1v) is 11.8. The Morgan fingerprint density at radius 2 is 1.59 bits per heavy atom. The lowest BCUT2D eigenvalue weighted by Crippen LogP contribution is -2.27. The Morgan fingerprint density at radius 3 is 2.21 bits per heavy atom. The van der Waals surface area contributed by atoms with Gasteiger partial charge in [0.25, 0.3) is 5.91 Å². The number of benzene rings is 2. The molecule has 1 aliphatic rings. The predicted octanol–water partition coefficient (Wildman–Crippen LogP) is 5.28. The highest BCUT2D eigenvalue weighted by Gasteiger charge is 2.31. The molecule has 1 amide bonds. The van der Waals surface area contributed by atoms with Gasteiger partial charge in [-0.3, -0.25) is 9.69 Å². The standard InChI is InChI=1S/C26H27NO5S2/c1-5-7-18-8-10-20(22(15-18)29-3)31-13-14-32-21-11-9-19(16-23(21)30-4)17-24-25(28)27(12-6-2)26(33)34-24/h5-6,8-11,15-17H,1-2,7,12-14H2,3-4H3. The van der Waals surface area contributed by atoms with Crippen molar-refractivity contribution in [1.82, 2.24) is 4.90 Å². The Morgan fingerprint density at radius 1 is 0.941 bits per heavy atom. The Labute approximate surface area is 209 Å². The predicted molar refractivity (Wildman–Crippen MR) is 141 cm³/mol. The van der Waals surface area contributed by atoms with E-state index in [0.29, 0.717) is 52.0 Å². The maximum atomic E-state index is 12.5. The number of carbonyl (C=O) groups excluding carboxylic acids is 1. The topological polar surface area (TPSA) is 57.2 Å². The van der Waals surface area contributed by atoms with Crippen molar-refractivity contribution in [3.8, 4) is 23.0 Å². The van der Waals surface area contributed by atoms with E-state index in [4.69, 9.17) is 31.2 Å². The minimum Gasteiger partial charge on any atom is -0.493 e. The lowest BCUT2D eigenvalue weighted by atomic mass is 10.1. The minimum atomic E-state index is -0.126. The smallest absolute Gasteiger partial charge is 0.266 e. The molecule has 2 aromatic rings. The van der Waals surface area contributed by atoms with Crippen molar-refractivity contribution in [2.45, 2.75) is 6.42 Å².